The standard InChI is InChI=1S/C18H15N3O4/c1-24-18(23)14(19-15(22)12-8-4-2-5-9-12)17-21-20-16(25-17)13-10-6-3-7-11-13/h2-11,14H,1H3,(H,19,22)/t14-/m1/s1. The van der Waals surface area contributed by atoms with Gasteiger partial charge in [0.2, 0.25) is 11.9 Å². The van der Waals surface area contributed by atoms with Crippen LogP contribution in [0.15, 0.2) is 65.1 Å². The Morgan fingerprint density at radius 1 is 1.00 bits per heavy atom. The third-order valence-corrected chi connectivity index (χ3v) is 3.46. The monoisotopic (exact) mass is 337 g/mol. The fourth-order valence-corrected chi connectivity index (χ4v) is 2.19. The fourth-order valence-electron chi connectivity index (χ4n) is 2.19. The van der Waals surface area contributed by atoms with Crippen molar-refractivity contribution >= 4 is 11.9 Å². The molecule has 7 heteroatoms. The van der Waals surface area contributed by atoms with Crippen molar-refractivity contribution in [1.82, 2.24) is 15.5 Å². The summed E-state index contributed by atoms with van der Waals surface area (Å²) in [6.45, 7) is 0. The quantitative estimate of drug-likeness (QED) is 0.718. The lowest BCUT2D eigenvalue weighted by Gasteiger charge is -2.12. The van der Waals surface area contributed by atoms with Crippen molar-refractivity contribution in [2.45, 2.75) is 6.04 Å². The van der Waals surface area contributed by atoms with Crippen LogP contribution in [0.3, 0.4) is 0 Å². The molecule has 2 aromatic carbocycles. The number of hydrogen-bond acceptors (Lipinski definition) is 6. The molecule has 0 aliphatic rings. The Morgan fingerprint density at radius 3 is 2.28 bits per heavy atom. The van der Waals surface area contributed by atoms with Crippen molar-refractivity contribution in [3.8, 4) is 11.5 Å². The van der Waals surface area contributed by atoms with E-state index in [1.807, 2.05) is 18.2 Å². The number of aromatic nitrogens is 2. The van der Waals surface area contributed by atoms with Gasteiger partial charge in [0, 0.05) is 11.1 Å². The topological polar surface area (TPSA) is 94.3 Å². The second-order valence-corrected chi connectivity index (χ2v) is 5.11. The van der Waals surface area contributed by atoms with Crippen molar-refractivity contribution in [1.29, 1.82) is 0 Å². The summed E-state index contributed by atoms with van der Waals surface area (Å²) in [4.78, 5) is 24.4. The number of nitrogens with one attached hydrogen (secondary N) is 1. The molecule has 3 rings (SSSR count). The van der Waals surface area contributed by atoms with Gasteiger partial charge >= 0.3 is 5.97 Å². The number of nitrogens with zero attached hydrogens (tertiary/aromatic N) is 2. The van der Waals surface area contributed by atoms with E-state index in [2.05, 4.69) is 15.5 Å². The minimum atomic E-state index is -1.19. The van der Waals surface area contributed by atoms with Crippen LogP contribution in [0, 0.1) is 0 Å². The number of carbonyl (C=O) groups excluding carboxylic acids is 2. The molecule has 1 amide bonds. The average molecular weight is 337 g/mol. The second kappa shape index (κ2) is 7.39. The Labute approximate surface area is 143 Å². The van der Waals surface area contributed by atoms with E-state index in [4.69, 9.17) is 9.15 Å². The van der Waals surface area contributed by atoms with Gasteiger partial charge in [0.15, 0.2) is 0 Å². The van der Waals surface area contributed by atoms with E-state index in [0.717, 1.165) is 0 Å². The Morgan fingerprint density at radius 2 is 1.64 bits per heavy atom. The second-order valence-electron chi connectivity index (χ2n) is 5.11. The lowest BCUT2D eigenvalue weighted by Crippen LogP contribution is -2.34. The van der Waals surface area contributed by atoms with Crippen LogP contribution in [0.2, 0.25) is 0 Å². The maximum atomic E-state index is 12.3. The minimum absolute atomic E-state index is 0.0463. The van der Waals surface area contributed by atoms with E-state index in [1.165, 1.54) is 7.11 Å². The molecule has 0 spiro atoms. The van der Waals surface area contributed by atoms with E-state index in [0.29, 0.717) is 11.1 Å². The van der Waals surface area contributed by atoms with Gasteiger partial charge in [-0.05, 0) is 24.3 Å². The van der Waals surface area contributed by atoms with Crippen molar-refractivity contribution in [3.05, 3.63) is 72.1 Å². The van der Waals surface area contributed by atoms with Gasteiger partial charge in [0.05, 0.1) is 7.11 Å². The number of methoxy groups -OCH3 is 1. The van der Waals surface area contributed by atoms with E-state index in [9.17, 15) is 9.59 Å². The van der Waals surface area contributed by atoms with Crippen LogP contribution in [-0.4, -0.2) is 29.2 Å². The van der Waals surface area contributed by atoms with Gasteiger partial charge in [0.25, 0.3) is 11.8 Å². The highest BCUT2D eigenvalue weighted by Gasteiger charge is 2.29. The van der Waals surface area contributed by atoms with Crippen LogP contribution in [0.5, 0.6) is 0 Å². The smallest absolute Gasteiger partial charge is 0.338 e. The maximum Gasteiger partial charge on any atom is 0.338 e. The first-order valence-corrected chi connectivity index (χ1v) is 7.51. The first-order chi connectivity index (χ1) is 12.2. The van der Waals surface area contributed by atoms with Crippen LogP contribution in [0.1, 0.15) is 22.3 Å². The Hall–Kier alpha value is -3.48. The first kappa shape index (κ1) is 16.4. The Bertz CT molecular complexity index is 862. The molecule has 1 N–H and O–H groups in total. The molecule has 25 heavy (non-hydrogen) atoms. The minimum Gasteiger partial charge on any atom is -0.467 e. The summed E-state index contributed by atoms with van der Waals surface area (Å²) in [5, 5.41) is 10.4. The number of ether oxygens (including phenoxy) is 1. The molecule has 1 heterocycles. The van der Waals surface area contributed by atoms with E-state index < -0.39 is 17.9 Å². The zero-order valence-corrected chi connectivity index (χ0v) is 13.4. The lowest BCUT2D eigenvalue weighted by atomic mass is 10.2. The van der Waals surface area contributed by atoms with Gasteiger partial charge in [-0.1, -0.05) is 36.4 Å². The zero-order valence-electron chi connectivity index (χ0n) is 13.4. The normalized spacial score (nSPS) is 11.6. The first-order valence-electron chi connectivity index (χ1n) is 7.51. The summed E-state index contributed by atoms with van der Waals surface area (Å²) >= 11 is 0. The Kier molecular flexibility index (Phi) is 4.84. The summed E-state index contributed by atoms with van der Waals surface area (Å²) in [5.41, 5.74) is 1.11. The number of rotatable bonds is 5. The van der Waals surface area contributed by atoms with Crippen LogP contribution in [0.25, 0.3) is 11.5 Å². The number of esters is 1. The van der Waals surface area contributed by atoms with E-state index in [-0.39, 0.29) is 11.8 Å². The van der Waals surface area contributed by atoms with Gasteiger partial charge in [-0.25, -0.2) is 4.79 Å². The summed E-state index contributed by atoms with van der Waals surface area (Å²) in [6.07, 6.45) is 0. The number of hydrogen-bond donors (Lipinski definition) is 1. The van der Waals surface area contributed by atoms with Crippen molar-refractivity contribution in [3.63, 3.8) is 0 Å². The predicted octanol–water partition coefficient (Wildman–Crippen LogP) is 2.38. The third kappa shape index (κ3) is 3.72. The highest BCUT2D eigenvalue weighted by atomic mass is 16.5. The molecule has 0 saturated carbocycles. The molecule has 3 aromatic rings. The molecule has 0 radical (unpaired) electrons. The van der Waals surface area contributed by atoms with Gasteiger partial charge in [-0.3, -0.25) is 4.79 Å². The van der Waals surface area contributed by atoms with Crippen molar-refractivity contribution < 1.29 is 18.7 Å². The van der Waals surface area contributed by atoms with Crippen LogP contribution < -0.4 is 5.32 Å². The summed E-state index contributed by atoms with van der Waals surface area (Å²) in [7, 11) is 1.22. The highest BCUT2D eigenvalue weighted by Crippen LogP contribution is 2.21. The van der Waals surface area contributed by atoms with Crippen molar-refractivity contribution in [2.75, 3.05) is 7.11 Å². The van der Waals surface area contributed by atoms with Gasteiger partial charge in [-0.15, -0.1) is 10.2 Å². The molecule has 126 valence electrons. The molecule has 7 nitrogen and oxygen atoms in total. The molecule has 0 unspecified atom stereocenters. The molecule has 0 saturated heterocycles. The molecule has 0 aliphatic heterocycles. The molecule has 0 fully saturated rings. The molecule has 1 atom stereocenters. The van der Waals surface area contributed by atoms with Crippen LogP contribution >= 0.6 is 0 Å². The molecule has 0 bridgehead atoms. The number of carbonyl (C=O) groups is 2. The zero-order chi connectivity index (χ0) is 17.6. The lowest BCUT2D eigenvalue weighted by molar-refractivity contribution is -0.143. The largest absolute Gasteiger partial charge is 0.467 e. The molecular formula is C18H15N3O4. The summed E-state index contributed by atoms with van der Waals surface area (Å²) in [5.74, 6) is -0.948. The van der Waals surface area contributed by atoms with Crippen LogP contribution in [-0.2, 0) is 9.53 Å². The Balaban J connectivity index is 1.85. The van der Waals surface area contributed by atoms with E-state index in [1.54, 1.807) is 42.5 Å². The number of amides is 1. The summed E-state index contributed by atoms with van der Waals surface area (Å²) in [6, 6.07) is 16.4. The SMILES string of the molecule is COC(=O)[C@H](NC(=O)c1ccccc1)c1nnc(-c2ccccc2)o1. The molecular weight excluding hydrogens is 322 g/mol. The molecule has 1 aromatic heterocycles. The molecule has 0 aliphatic carbocycles. The summed E-state index contributed by atoms with van der Waals surface area (Å²) < 4.78 is 10.3. The van der Waals surface area contributed by atoms with Gasteiger partial charge in [0.1, 0.15) is 0 Å². The average Bonchev–Trinajstić information content (AvgIpc) is 3.16. The van der Waals surface area contributed by atoms with Gasteiger partial charge in [-0.2, -0.15) is 0 Å². The highest BCUT2D eigenvalue weighted by molar-refractivity contribution is 5.96. The predicted molar refractivity (Wildman–Crippen MR) is 88.4 cm³/mol. The van der Waals surface area contributed by atoms with Crippen LogP contribution in [0.4, 0.5) is 0 Å². The fraction of sp³-hybridized carbons (Fsp3) is 0.111. The third-order valence-electron chi connectivity index (χ3n) is 3.46. The number of benzene rings is 2. The van der Waals surface area contributed by atoms with Crippen molar-refractivity contribution in [2.24, 2.45) is 0 Å². The van der Waals surface area contributed by atoms with E-state index >= 15 is 0 Å². The maximum absolute atomic E-state index is 12.3. The van der Waals surface area contributed by atoms with Gasteiger partial charge < -0.3 is 14.5 Å².